The standard InChI is InChI=1S/C21H17BrClNO5S/c1-12(20(26)28-2)24-19(25)18(30-21(24)27)10-14-9-15(22)5-8-17(14)29-11-13-3-6-16(23)7-4-13/h3-10,12H,11H2,1-2H3/b18-10+/t12-/m1/s1. The normalized spacial score (nSPS) is 16.1. The molecule has 2 amide bonds. The fourth-order valence-corrected chi connectivity index (χ4v) is 4.14. The monoisotopic (exact) mass is 509 g/mol. The van der Waals surface area contributed by atoms with E-state index in [1.165, 1.54) is 14.0 Å². The van der Waals surface area contributed by atoms with Gasteiger partial charge in [0, 0.05) is 15.1 Å². The van der Waals surface area contributed by atoms with E-state index in [9.17, 15) is 14.4 Å². The van der Waals surface area contributed by atoms with Crippen molar-refractivity contribution in [2.75, 3.05) is 7.11 Å². The average Bonchev–Trinajstić information content (AvgIpc) is 3.00. The topological polar surface area (TPSA) is 72.9 Å². The van der Waals surface area contributed by atoms with Gasteiger partial charge in [0.1, 0.15) is 18.4 Å². The van der Waals surface area contributed by atoms with Crippen LogP contribution in [0.3, 0.4) is 0 Å². The summed E-state index contributed by atoms with van der Waals surface area (Å²) < 4.78 is 11.3. The summed E-state index contributed by atoms with van der Waals surface area (Å²) >= 11 is 10.1. The maximum atomic E-state index is 12.7. The summed E-state index contributed by atoms with van der Waals surface area (Å²) in [5.74, 6) is -0.666. The molecule has 30 heavy (non-hydrogen) atoms. The van der Waals surface area contributed by atoms with Gasteiger partial charge in [0.15, 0.2) is 0 Å². The molecule has 6 nitrogen and oxygen atoms in total. The maximum Gasteiger partial charge on any atom is 0.328 e. The predicted molar refractivity (Wildman–Crippen MR) is 119 cm³/mol. The van der Waals surface area contributed by atoms with Gasteiger partial charge in [0.05, 0.1) is 12.0 Å². The lowest BCUT2D eigenvalue weighted by Gasteiger charge is -2.18. The molecule has 9 heteroatoms. The number of esters is 1. The molecule has 2 aromatic rings. The van der Waals surface area contributed by atoms with Crippen LogP contribution in [0.25, 0.3) is 6.08 Å². The van der Waals surface area contributed by atoms with Crippen molar-refractivity contribution in [3.8, 4) is 5.75 Å². The molecule has 1 saturated heterocycles. The first kappa shape index (κ1) is 22.4. The summed E-state index contributed by atoms with van der Waals surface area (Å²) in [5.41, 5.74) is 1.55. The van der Waals surface area contributed by atoms with Crippen molar-refractivity contribution in [2.24, 2.45) is 0 Å². The summed E-state index contributed by atoms with van der Waals surface area (Å²) in [4.78, 5) is 37.9. The third kappa shape index (κ3) is 5.06. The minimum absolute atomic E-state index is 0.199. The first-order chi connectivity index (χ1) is 14.3. The van der Waals surface area contributed by atoms with Crippen LogP contribution in [-0.4, -0.2) is 35.2 Å². The number of amides is 2. The van der Waals surface area contributed by atoms with Crippen LogP contribution in [-0.2, 0) is 20.9 Å². The molecule has 3 rings (SSSR count). The summed E-state index contributed by atoms with van der Waals surface area (Å²) in [6.07, 6.45) is 1.58. The van der Waals surface area contributed by atoms with E-state index < -0.39 is 23.2 Å². The molecular weight excluding hydrogens is 494 g/mol. The Balaban J connectivity index is 1.85. The number of rotatable bonds is 6. The lowest BCUT2D eigenvalue weighted by Crippen LogP contribution is -2.42. The molecule has 0 spiro atoms. The Bertz CT molecular complexity index is 1020. The lowest BCUT2D eigenvalue weighted by molar-refractivity contribution is -0.148. The Labute approximate surface area is 191 Å². The number of carbonyl (C=O) groups excluding carboxylic acids is 3. The zero-order chi connectivity index (χ0) is 21.8. The molecule has 0 unspecified atom stereocenters. The van der Waals surface area contributed by atoms with Gasteiger partial charge < -0.3 is 9.47 Å². The first-order valence-electron chi connectivity index (χ1n) is 8.82. The van der Waals surface area contributed by atoms with E-state index in [4.69, 9.17) is 16.3 Å². The zero-order valence-corrected chi connectivity index (χ0v) is 19.2. The summed E-state index contributed by atoms with van der Waals surface area (Å²) in [6, 6.07) is 11.7. The quantitative estimate of drug-likeness (QED) is 0.389. The molecule has 2 aromatic carbocycles. The Kier molecular flexibility index (Phi) is 7.23. The number of hydrogen-bond acceptors (Lipinski definition) is 6. The Morgan fingerprint density at radius 1 is 1.23 bits per heavy atom. The van der Waals surface area contributed by atoms with Gasteiger partial charge >= 0.3 is 5.97 Å². The van der Waals surface area contributed by atoms with Crippen LogP contribution < -0.4 is 4.74 Å². The first-order valence-corrected chi connectivity index (χ1v) is 10.8. The van der Waals surface area contributed by atoms with Crippen molar-refractivity contribution in [3.63, 3.8) is 0 Å². The number of carbonyl (C=O) groups is 3. The van der Waals surface area contributed by atoms with E-state index in [2.05, 4.69) is 20.7 Å². The molecule has 156 valence electrons. The van der Waals surface area contributed by atoms with Gasteiger partial charge in [-0.15, -0.1) is 0 Å². The van der Waals surface area contributed by atoms with Crippen LogP contribution in [0.15, 0.2) is 51.8 Å². The lowest BCUT2D eigenvalue weighted by atomic mass is 10.1. The highest BCUT2D eigenvalue weighted by atomic mass is 79.9. The second-order valence-corrected chi connectivity index (χ2v) is 8.69. The zero-order valence-electron chi connectivity index (χ0n) is 16.1. The second kappa shape index (κ2) is 9.68. The number of hydrogen-bond donors (Lipinski definition) is 0. The molecule has 0 aliphatic carbocycles. The molecule has 0 radical (unpaired) electrons. The van der Waals surface area contributed by atoms with E-state index in [0.717, 1.165) is 26.7 Å². The molecule has 0 saturated carbocycles. The summed E-state index contributed by atoms with van der Waals surface area (Å²) in [6.45, 7) is 1.76. The van der Waals surface area contributed by atoms with Gasteiger partial charge in [-0.05, 0) is 60.7 Å². The number of imide groups is 1. The van der Waals surface area contributed by atoms with Crippen molar-refractivity contribution >= 4 is 62.5 Å². The fraction of sp³-hybridized carbons (Fsp3) is 0.190. The van der Waals surface area contributed by atoms with Gasteiger partial charge in [-0.1, -0.05) is 39.7 Å². The second-order valence-electron chi connectivity index (χ2n) is 6.35. The molecule has 1 aliphatic rings. The third-order valence-electron chi connectivity index (χ3n) is 4.32. The molecule has 1 aliphatic heterocycles. The number of halogens is 2. The molecular formula is C21H17BrClNO5S. The third-order valence-corrected chi connectivity index (χ3v) is 5.95. The number of thioether (sulfide) groups is 1. The number of methoxy groups -OCH3 is 1. The van der Waals surface area contributed by atoms with Gasteiger partial charge in [-0.3, -0.25) is 14.5 Å². The largest absolute Gasteiger partial charge is 0.488 e. The Morgan fingerprint density at radius 2 is 1.93 bits per heavy atom. The minimum Gasteiger partial charge on any atom is -0.488 e. The highest BCUT2D eigenvalue weighted by Crippen LogP contribution is 2.36. The van der Waals surface area contributed by atoms with Gasteiger partial charge in [-0.2, -0.15) is 0 Å². The molecule has 0 N–H and O–H groups in total. The highest BCUT2D eigenvalue weighted by Gasteiger charge is 2.41. The van der Waals surface area contributed by atoms with Crippen LogP contribution in [0.2, 0.25) is 5.02 Å². The van der Waals surface area contributed by atoms with Crippen molar-refractivity contribution in [2.45, 2.75) is 19.6 Å². The van der Waals surface area contributed by atoms with Crippen molar-refractivity contribution in [1.29, 1.82) is 0 Å². The number of nitrogens with zero attached hydrogens (tertiary/aromatic N) is 1. The summed E-state index contributed by atoms with van der Waals surface area (Å²) in [5, 5.41) is 0.114. The van der Waals surface area contributed by atoms with Crippen molar-refractivity contribution in [3.05, 3.63) is 68.0 Å². The molecule has 1 atom stereocenters. The SMILES string of the molecule is COC(=O)[C@@H](C)N1C(=O)S/C(=C/c2cc(Br)ccc2OCc2ccc(Cl)cc2)C1=O. The molecule has 1 heterocycles. The van der Waals surface area contributed by atoms with E-state index in [-0.39, 0.29) is 4.91 Å². The predicted octanol–water partition coefficient (Wildman–Crippen LogP) is 5.28. The minimum atomic E-state index is -1.00. The molecule has 1 fully saturated rings. The molecule has 0 aromatic heterocycles. The smallest absolute Gasteiger partial charge is 0.328 e. The van der Waals surface area contributed by atoms with E-state index >= 15 is 0 Å². The Hall–Kier alpha value is -2.29. The van der Waals surface area contributed by atoms with E-state index in [1.54, 1.807) is 30.3 Å². The molecule has 0 bridgehead atoms. The van der Waals surface area contributed by atoms with Crippen LogP contribution in [0.4, 0.5) is 4.79 Å². The maximum absolute atomic E-state index is 12.7. The van der Waals surface area contributed by atoms with E-state index in [1.807, 2.05) is 18.2 Å². The number of ether oxygens (including phenoxy) is 2. The van der Waals surface area contributed by atoms with E-state index in [0.29, 0.717) is 22.9 Å². The van der Waals surface area contributed by atoms with Gasteiger partial charge in [-0.25, -0.2) is 4.79 Å². The number of benzene rings is 2. The van der Waals surface area contributed by atoms with Gasteiger partial charge in [0.2, 0.25) is 0 Å². The van der Waals surface area contributed by atoms with Crippen LogP contribution in [0, 0.1) is 0 Å². The van der Waals surface area contributed by atoms with Crippen LogP contribution in [0.1, 0.15) is 18.1 Å². The van der Waals surface area contributed by atoms with Crippen molar-refractivity contribution < 1.29 is 23.9 Å². The van der Waals surface area contributed by atoms with Crippen LogP contribution >= 0.6 is 39.3 Å². The average molecular weight is 511 g/mol. The van der Waals surface area contributed by atoms with Crippen LogP contribution in [0.5, 0.6) is 5.75 Å². The Morgan fingerprint density at radius 3 is 2.60 bits per heavy atom. The van der Waals surface area contributed by atoms with Gasteiger partial charge in [0.25, 0.3) is 11.1 Å². The highest BCUT2D eigenvalue weighted by molar-refractivity contribution is 9.10. The fourth-order valence-electron chi connectivity index (χ4n) is 2.74. The summed E-state index contributed by atoms with van der Waals surface area (Å²) in [7, 11) is 1.21. The van der Waals surface area contributed by atoms with Crippen molar-refractivity contribution in [1.82, 2.24) is 4.90 Å².